The van der Waals surface area contributed by atoms with Gasteiger partial charge in [-0.1, -0.05) is 37.6 Å². The topological polar surface area (TPSA) is 41.8 Å². The van der Waals surface area contributed by atoms with Gasteiger partial charge in [-0.2, -0.15) is 0 Å². The lowest BCUT2D eigenvalue weighted by Gasteiger charge is -2.11. The first kappa shape index (κ1) is 14.6. The van der Waals surface area contributed by atoms with E-state index in [9.17, 15) is 0 Å². The molecule has 3 heteroatoms. The molecule has 0 aromatic heterocycles. The summed E-state index contributed by atoms with van der Waals surface area (Å²) in [5, 5.41) is 11.7. The molecule has 1 rings (SSSR count). The summed E-state index contributed by atoms with van der Waals surface area (Å²) in [6, 6.07) is 8.14. The molecule has 0 fully saturated rings. The Balaban J connectivity index is 2.42. The summed E-state index contributed by atoms with van der Waals surface area (Å²) >= 11 is 0. The molecule has 1 unspecified atom stereocenters. The minimum Gasteiger partial charge on any atom is -0.493 e. The van der Waals surface area contributed by atoms with Gasteiger partial charge in [-0.15, -0.1) is 0 Å². The van der Waals surface area contributed by atoms with Crippen molar-refractivity contribution >= 4 is 5.71 Å². The van der Waals surface area contributed by atoms with E-state index in [4.69, 9.17) is 9.94 Å². The van der Waals surface area contributed by atoms with Crippen LogP contribution in [0.1, 0.15) is 39.2 Å². The van der Waals surface area contributed by atoms with Crippen LogP contribution in [0.2, 0.25) is 0 Å². The highest BCUT2D eigenvalue weighted by atomic mass is 16.5. The Morgan fingerprint density at radius 2 is 2.00 bits per heavy atom. The summed E-state index contributed by atoms with van der Waals surface area (Å²) in [6.45, 7) is 6.95. The highest BCUT2D eigenvalue weighted by Crippen LogP contribution is 2.15. The summed E-state index contributed by atoms with van der Waals surface area (Å²) in [7, 11) is 0. The number of hydrogen-bond donors (Lipinski definition) is 1. The Kier molecular flexibility index (Phi) is 6.26. The zero-order chi connectivity index (χ0) is 13.4. The van der Waals surface area contributed by atoms with Crippen molar-refractivity contribution in [3.05, 3.63) is 29.8 Å². The zero-order valence-corrected chi connectivity index (χ0v) is 11.5. The third-order valence-corrected chi connectivity index (χ3v) is 3.10. The molecule has 0 amide bonds. The maximum absolute atomic E-state index is 8.57. The van der Waals surface area contributed by atoms with Gasteiger partial charge in [0.1, 0.15) is 5.75 Å². The maximum atomic E-state index is 8.57. The van der Waals surface area contributed by atoms with Gasteiger partial charge in [-0.3, -0.25) is 0 Å². The molecule has 0 heterocycles. The molecular formula is C15H23NO2. The minimum atomic E-state index is 0.591. The SMILES string of the molecule is CCC(C)COc1ccc(CCC(C)=NO)cc1. The number of ether oxygens (including phenoxy) is 1. The summed E-state index contributed by atoms with van der Waals surface area (Å²) in [5.41, 5.74) is 1.99. The van der Waals surface area contributed by atoms with Gasteiger partial charge in [0, 0.05) is 0 Å². The van der Waals surface area contributed by atoms with Crippen molar-refractivity contribution in [1.29, 1.82) is 0 Å². The second-order valence-corrected chi connectivity index (χ2v) is 4.80. The van der Waals surface area contributed by atoms with Crippen LogP contribution in [0.4, 0.5) is 0 Å². The monoisotopic (exact) mass is 249 g/mol. The van der Waals surface area contributed by atoms with E-state index >= 15 is 0 Å². The molecule has 0 saturated heterocycles. The number of hydrogen-bond acceptors (Lipinski definition) is 3. The molecule has 0 aliphatic rings. The fourth-order valence-corrected chi connectivity index (χ4v) is 1.48. The number of nitrogens with zero attached hydrogens (tertiary/aromatic N) is 1. The molecule has 1 aromatic rings. The van der Waals surface area contributed by atoms with E-state index < -0.39 is 0 Å². The van der Waals surface area contributed by atoms with E-state index in [0.29, 0.717) is 5.92 Å². The van der Waals surface area contributed by atoms with Crippen molar-refractivity contribution in [2.45, 2.75) is 40.0 Å². The lowest BCUT2D eigenvalue weighted by molar-refractivity contribution is 0.256. The van der Waals surface area contributed by atoms with Crippen LogP contribution < -0.4 is 4.74 Å². The maximum Gasteiger partial charge on any atom is 0.119 e. The van der Waals surface area contributed by atoms with Crippen molar-refractivity contribution in [3.63, 3.8) is 0 Å². The first-order valence-electron chi connectivity index (χ1n) is 6.55. The lowest BCUT2D eigenvalue weighted by atomic mass is 10.1. The Morgan fingerprint density at radius 1 is 1.33 bits per heavy atom. The van der Waals surface area contributed by atoms with Crippen molar-refractivity contribution in [2.24, 2.45) is 11.1 Å². The Morgan fingerprint density at radius 3 is 2.56 bits per heavy atom. The third kappa shape index (κ3) is 5.21. The van der Waals surface area contributed by atoms with E-state index in [0.717, 1.165) is 37.3 Å². The third-order valence-electron chi connectivity index (χ3n) is 3.10. The molecule has 1 atom stereocenters. The lowest BCUT2D eigenvalue weighted by Crippen LogP contribution is -2.07. The Hall–Kier alpha value is -1.51. The van der Waals surface area contributed by atoms with Gasteiger partial charge >= 0.3 is 0 Å². The highest BCUT2D eigenvalue weighted by molar-refractivity contribution is 5.81. The quantitative estimate of drug-likeness (QED) is 0.452. The first-order valence-corrected chi connectivity index (χ1v) is 6.55. The van der Waals surface area contributed by atoms with E-state index in [2.05, 4.69) is 31.1 Å². The van der Waals surface area contributed by atoms with Crippen LogP contribution in [-0.4, -0.2) is 17.5 Å². The molecular weight excluding hydrogens is 226 g/mol. The number of oxime groups is 1. The molecule has 0 saturated carbocycles. The van der Waals surface area contributed by atoms with Crippen molar-refractivity contribution in [2.75, 3.05) is 6.61 Å². The van der Waals surface area contributed by atoms with Crippen LogP contribution in [0, 0.1) is 5.92 Å². The predicted octanol–water partition coefficient (Wildman–Crippen LogP) is 3.89. The first-order chi connectivity index (χ1) is 8.65. The van der Waals surface area contributed by atoms with Crippen molar-refractivity contribution in [3.8, 4) is 5.75 Å². The van der Waals surface area contributed by atoms with Crippen LogP contribution in [-0.2, 0) is 6.42 Å². The van der Waals surface area contributed by atoms with Gasteiger partial charge in [0.15, 0.2) is 0 Å². The number of rotatable bonds is 7. The standard InChI is InChI=1S/C15H23NO2/c1-4-12(2)11-18-15-9-7-14(8-10-15)6-5-13(3)16-17/h7-10,12,17H,4-6,11H2,1-3H3. The Bertz CT molecular complexity index is 371. The average Bonchev–Trinajstić information content (AvgIpc) is 2.43. The van der Waals surface area contributed by atoms with E-state index in [-0.39, 0.29) is 0 Å². The van der Waals surface area contributed by atoms with Gasteiger partial charge in [-0.05, 0) is 43.4 Å². The number of aryl methyl sites for hydroxylation is 1. The second-order valence-electron chi connectivity index (χ2n) is 4.80. The molecule has 0 aliphatic carbocycles. The molecule has 1 aromatic carbocycles. The fraction of sp³-hybridized carbons (Fsp3) is 0.533. The van der Waals surface area contributed by atoms with Gasteiger partial charge in [0.25, 0.3) is 0 Å². The average molecular weight is 249 g/mol. The number of benzene rings is 1. The van der Waals surface area contributed by atoms with Crippen LogP contribution in [0.3, 0.4) is 0 Å². The molecule has 1 N–H and O–H groups in total. The van der Waals surface area contributed by atoms with E-state index in [1.807, 2.05) is 19.1 Å². The van der Waals surface area contributed by atoms with Gasteiger partial charge in [-0.25, -0.2) is 0 Å². The van der Waals surface area contributed by atoms with Crippen LogP contribution in [0.15, 0.2) is 29.4 Å². The van der Waals surface area contributed by atoms with Crippen LogP contribution >= 0.6 is 0 Å². The van der Waals surface area contributed by atoms with Crippen molar-refractivity contribution < 1.29 is 9.94 Å². The second kappa shape index (κ2) is 7.75. The molecule has 0 spiro atoms. The highest BCUT2D eigenvalue weighted by Gasteiger charge is 2.01. The largest absolute Gasteiger partial charge is 0.493 e. The molecule has 18 heavy (non-hydrogen) atoms. The zero-order valence-electron chi connectivity index (χ0n) is 11.5. The molecule has 0 radical (unpaired) electrons. The smallest absolute Gasteiger partial charge is 0.119 e. The van der Waals surface area contributed by atoms with Crippen LogP contribution in [0.5, 0.6) is 5.75 Å². The molecule has 100 valence electrons. The van der Waals surface area contributed by atoms with Gasteiger partial charge in [0.2, 0.25) is 0 Å². The normalized spacial score (nSPS) is 13.4. The summed E-state index contributed by atoms with van der Waals surface area (Å²) in [4.78, 5) is 0. The predicted molar refractivity (Wildman–Crippen MR) is 74.6 cm³/mol. The van der Waals surface area contributed by atoms with E-state index in [1.165, 1.54) is 5.56 Å². The fourth-order valence-electron chi connectivity index (χ4n) is 1.48. The summed E-state index contributed by atoms with van der Waals surface area (Å²) in [6.07, 6.45) is 2.81. The van der Waals surface area contributed by atoms with Crippen molar-refractivity contribution in [1.82, 2.24) is 0 Å². The van der Waals surface area contributed by atoms with Crippen LogP contribution in [0.25, 0.3) is 0 Å². The minimum absolute atomic E-state index is 0.591. The van der Waals surface area contributed by atoms with Gasteiger partial charge in [0.05, 0.1) is 12.3 Å². The van der Waals surface area contributed by atoms with Gasteiger partial charge < -0.3 is 9.94 Å². The summed E-state index contributed by atoms with van der Waals surface area (Å²) in [5.74, 6) is 1.51. The molecule has 0 bridgehead atoms. The Labute approximate surface area is 109 Å². The summed E-state index contributed by atoms with van der Waals surface area (Å²) < 4.78 is 5.70. The van der Waals surface area contributed by atoms with E-state index in [1.54, 1.807) is 0 Å². The molecule has 0 aliphatic heterocycles. The molecule has 3 nitrogen and oxygen atoms in total.